The first kappa shape index (κ1) is 17.2. The van der Waals surface area contributed by atoms with Crippen molar-refractivity contribution in [3.05, 3.63) is 0 Å². The fraction of sp³-hybridized carbons (Fsp3) is 0.875. The summed E-state index contributed by atoms with van der Waals surface area (Å²) >= 11 is 0. The topological polar surface area (TPSA) is 60.4 Å². The van der Waals surface area contributed by atoms with Gasteiger partial charge in [-0.2, -0.15) is 0 Å². The van der Waals surface area contributed by atoms with Gasteiger partial charge in [0.25, 0.3) is 0 Å². The first-order valence-electron chi connectivity index (χ1n) is 8.17. The van der Waals surface area contributed by atoms with Crippen LogP contribution in [-0.2, 0) is 9.59 Å². The van der Waals surface area contributed by atoms with Gasteiger partial charge in [0.05, 0.1) is 0 Å². The molecule has 0 aliphatic carbocycles. The van der Waals surface area contributed by atoms with Gasteiger partial charge in [0, 0.05) is 19.4 Å². The number of hydrogen-bond donors (Lipinski definition) is 0. The first-order chi connectivity index (χ1) is 9.75. The summed E-state index contributed by atoms with van der Waals surface area (Å²) in [4.78, 5) is 24.6. The zero-order valence-electron chi connectivity index (χ0n) is 12.6. The molecule has 20 heavy (non-hydrogen) atoms. The molecule has 1 rings (SSSR count). The van der Waals surface area contributed by atoms with E-state index in [0.717, 1.165) is 32.1 Å². The van der Waals surface area contributed by atoms with Crippen LogP contribution in [-0.4, -0.2) is 29.9 Å². The van der Waals surface area contributed by atoms with Gasteiger partial charge in [-0.3, -0.25) is 14.5 Å². The minimum Gasteiger partial charge on any atom is -0.854 e. The molecule has 0 aromatic rings. The molecule has 116 valence electrons. The van der Waals surface area contributed by atoms with E-state index in [1.165, 1.54) is 37.0 Å². The molecule has 1 fully saturated rings. The second-order valence-electron chi connectivity index (χ2n) is 5.68. The third-order valence-electron chi connectivity index (χ3n) is 3.91. The van der Waals surface area contributed by atoms with Crippen molar-refractivity contribution in [1.29, 1.82) is 0 Å². The van der Waals surface area contributed by atoms with Gasteiger partial charge in [0.2, 0.25) is 11.8 Å². The molecule has 0 saturated carbocycles. The van der Waals surface area contributed by atoms with E-state index in [9.17, 15) is 14.7 Å². The monoisotopic (exact) mass is 282 g/mol. The van der Waals surface area contributed by atoms with Crippen LogP contribution in [0.5, 0.6) is 0 Å². The number of likely N-dealkylation sites (tertiary alicyclic amines) is 1. The summed E-state index contributed by atoms with van der Waals surface area (Å²) in [6, 6.07) is 0. The maximum Gasteiger partial charge on any atom is 0.229 e. The summed E-state index contributed by atoms with van der Waals surface area (Å²) in [5.74, 6) is 0.0271. The fourth-order valence-electron chi connectivity index (χ4n) is 2.66. The Hall–Kier alpha value is -0.900. The van der Waals surface area contributed by atoms with Crippen molar-refractivity contribution in [2.24, 2.45) is 0 Å². The lowest BCUT2D eigenvalue weighted by Crippen LogP contribution is -2.40. The quantitative estimate of drug-likeness (QED) is 0.432. The normalized spacial score (nSPS) is 15.9. The van der Waals surface area contributed by atoms with Gasteiger partial charge in [0.1, 0.15) is 0 Å². The van der Waals surface area contributed by atoms with E-state index in [0.29, 0.717) is 19.4 Å². The number of piperidine rings is 1. The molecule has 0 spiro atoms. The van der Waals surface area contributed by atoms with E-state index < -0.39 is 0 Å². The van der Waals surface area contributed by atoms with Gasteiger partial charge in [-0.05, 0) is 12.8 Å². The Morgan fingerprint density at radius 3 is 1.70 bits per heavy atom. The molecular weight excluding hydrogens is 254 g/mol. The van der Waals surface area contributed by atoms with Crippen molar-refractivity contribution >= 4 is 11.8 Å². The molecule has 4 nitrogen and oxygen atoms in total. The number of nitrogens with zero attached hydrogens (tertiary/aromatic N) is 1. The predicted molar refractivity (Wildman–Crippen MR) is 77.0 cm³/mol. The highest BCUT2D eigenvalue weighted by Crippen LogP contribution is 2.14. The van der Waals surface area contributed by atoms with Crippen LogP contribution < -0.4 is 5.11 Å². The molecule has 1 heterocycles. The molecule has 0 unspecified atom stereocenters. The summed E-state index contributed by atoms with van der Waals surface area (Å²) in [6.07, 6.45) is 11.8. The highest BCUT2D eigenvalue weighted by molar-refractivity contribution is 5.97. The molecule has 0 aromatic carbocycles. The highest BCUT2D eigenvalue weighted by Gasteiger charge is 2.24. The summed E-state index contributed by atoms with van der Waals surface area (Å²) in [6.45, 7) is 0.676. The van der Waals surface area contributed by atoms with Crippen molar-refractivity contribution in [2.45, 2.75) is 77.0 Å². The maximum atomic E-state index is 11.6. The maximum absolute atomic E-state index is 11.6. The molecule has 1 saturated heterocycles. The zero-order valence-corrected chi connectivity index (χ0v) is 12.6. The van der Waals surface area contributed by atoms with Gasteiger partial charge in [-0.15, -0.1) is 6.61 Å². The van der Waals surface area contributed by atoms with Gasteiger partial charge in [-0.1, -0.05) is 51.4 Å². The molecule has 1 aliphatic rings. The molecule has 4 heteroatoms. The van der Waals surface area contributed by atoms with Crippen LogP contribution in [0.1, 0.15) is 77.0 Å². The van der Waals surface area contributed by atoms with Crippen molar-refractivity contribution < 1.29 is 14.7 Å². The van der Waals surface area contributed by atoms with Crippen LogP contribution in [0.4, 0.5) is 0 Å². The summed E-state index contributed by atoms with van der Waals surface area (Å²) in [7, 11) is 0. The Kier molecular flexibility index (Phi) is 9.29. The number of unbranched alkanes of at least 4 members (excludes halogenated alkanes) is 8. The third-order valence-corrected chi connectivity index (χ3v) is 3.91. The van der Waals surface area contributed by atoms with Crippen LogP contribution in [0.25, 0.3) is 0 Å². The lowest BCUT2D eigenvalue weighted by atomic mass is 10.1. The Bertz CT molecular complexity index is 275. The Morgan fingerprint density at radius 2 is 1.20 bits per heavy atom. The second-order valence-corrected chi connectivity index (χ2v) is 5.68. The number of amides is 2. The van der Waals surface area contributed by atoms with Crippen LogP contribution in [0.2, 0.25) is 0 Å². The van der Waals surface area contributed by atoms with E-state index in [1.807, 2.05) is 0 Å². The molecule has 0 N–H and O–H groups in total. The van der Waals surface area contributed by atoms with E-state index in [4.69, 9.17) is 0 Å². The van der Waals surface area contributed by atoms with Crippen LogP contribution in [0.3, 0.4) is 0 Å². The van der Waals surface area contributed by atoms with Crippen molar-refractivity contribution in [3.8, 4) is 0 Å². The van der Waals surface area contributed by atoms with Gasteiger partial charge in [0.15, 0.2) is 0 Å². The molecule has 0 atom stereocenters. The molecule has 0 radical (unpaired) electrons. The van der Waals surface area contributed by atoms with Crippen LogP contribution in [0, 0.1) is 0 Å². The Labute approximate surface area is 122 Å². The SMILES string of the molecule is O=C1CCCC(=O)N1CCCCCCCCCCC[O-]. The standard InChI is InChI=1S/C16H28NO3/c18-14-9-7-5-3-1-2-4-6-8-13-17-15(19)11-10-12-16(17)20/h1-14H2/q-1. The second kappa shape index (κ2) is 10.8. The Morgan fingerprint density at radius 1 is 0.750 bits per heavy atom. The molecule has 2 amide bonds. The highest BCUT2D eigenvalue weighted by atomic mass is 16.3. The summed E-state index contributed by atoms with van der Waals surface area (Å²) < 4.78 is 0. The first-order valence-corrected chi connectivity index (χ1v) is 8.17. The van der Waals surface area contributed by atoms with E-state index >= 15 is 0 Å². The fourth-order valence-corrected chi connectivity index (χ4v) is 2.66. The number of imide groups is 1. The molecule has 1 aliphatic heterocycles. The average Bonchev–Trinajstić information content (AvgIpc) is 2.43. The third kappa shape index (κ3) is 7.04. The van der Waals surface area contributed by atoms with E-state index in [2.05, 4.69) is 0 Å². The summed E-state index contributed by atoms with van der Waals surface area (Å²) in [5.41, 5.74) is 0. The van der Waals surface area contributed by atoms with Gasteiger partial charge in [-0.25, -0.2) is 0 Å². The number of hydrogen-bond acceptors (Lipinski definition) is 3. The largest absolute Gasteiger partial charge is 0.854 e. The van der Waals surface area contributed by atoms with Crippen molar-refractivity contribution in [2.75, 3.05) is 13.2 Å². The minimum atomic E-state index is 0.0135. The van der Waals surface area contributed by atoms with Crippen molar-refractivity contribution in [3.63, 3.8) is 0 Å². The number of carbonyl (C=O) groups is 2. The zero-order chi connectivity index (χ0) is 14.6. The van der Waals surface area contributed by atoms with Crippen molar-refractivity contribution in [1.82, 2.24) is 4.90 Å². The van der Waals surface area contributed by atoms with Gasteiger partial charge < -0.3 is 5.11 Å². The molecule has 0 aromatic heterocycles. The molecule has 0 bridgehead atoms. The van der Waals surface area contributed by atoms with E-state index in [1.54, 1.807) is 0 Å². The average molecular weight is 282 g/mol. The van der Waals surface area contributed by atoms with Gasteiger partial charge >= 0.3 is 0 Å². The lowest BCUT2D eigenvalue weighted by Gasteiger charge is -2.24. The minimum absolute atomic E-state index is 0.0135. The smallest absolute Gasteiger partial charge is 0.229 e. The Balaban J connectivity index is 1.91. The lowest BCUT2D eigenvalue weighted by molar-refractivity contribution is -0.368. The number of rotatable bonds is 11. The number of carbonyl (C=O) groups excluding carboxylic acids is 2. The summed E-state index contributed by atoms with van der Waals surface area (Å²) in [5, 5.41) is 10.3. The van der Waals surface area contributed by atoms with Crippen LogP contribution >= 0.6 is 0 Å². The van der Waals surface area contributed by atoms with Crippen LogP contribution in [0.15, 0.2) is 0 Å². The predicted octanol–water partition coefficient (Wildman–Crippen LogP) is 2.40. The molecular formula is C16H28NO3-. The van der Waals surface area contributed by atoms with E-state index in [-0.39, 0.29) is 18.4 Å².